The highest BCUT2D eigenvalue weighted by atomic mass is 19.1. The topological polar surface area (TPSA) is 58.6 Å². The molecule has 1 N–H and O–H groups in total. The number of carbonyl (C=O) groups excluding carboxylic acids is 2. The number of methoxy groups -OCH3 is 1. The molecular formula is C19H17FN2O3. The summed E-state index contributed by atoms with van der Waals surface area (Å²) in [6.07, 6.45) is 0.528. The van der Waals surface area contributed by atoms with Gasteiger partial charge in [-0.2, -0.15) is 0 Å². The van der Waals surface area contributed by atoms with Crippen molar-refractivity contribution < 1.29 is 18.7 Å². The van der Waals surface area contributed by atoms with Crippen LogP contribution in [0.3, 0.4) is 0 Å². The molecular weight excluding hydrogens is 323 g/mol. The lowest BCUT2D eigenvalue weighted by atomic mass is 9.81. The first-order valence-corrected chi connectivity index (χ1v) is 8.08. The van der Waals surface area contributed by atoms with E-state index in [0.717, 1.165) is 11.3 Å². The highest BCUT2D eigenvalue weighted by molar-refractivity contribution is 6.07. The number of likely N-dealkylation sites (tertiary alicyclic amines) is 1. The lowest BCUT2D eigenvalue weighted by Gasteiger charge is -2.23. The molecule has 2 aliphatic rings. The Labute approximate surface area is 144 Å². The molecule has 5 nitrogen and oxygen atoms in total. The van der Waals surface area contributed by atoms with Crippen molar-refractivity contribution in [1.82, 2.24) is 4.90 Å². The number of rotatable bonds is 2. The molecule has 0 unspecified atom stereocenters. The zero-order valence-corrected chi connectivity index (χ0v) is 13.7. The molecule has 2 amide bonds. The number of anilines is 1. The largest absolute Gasteiger partial charge is 0.497 e. The van der Waals surface area contributed by atoms with Crippen LogP contribution < -0.4 is 10.1 Å². The maximum atomic E-state index is 13.4. The fourth-order valence-corrected chi connectivity index (χ4v) is 3.71. The van der Waals surface area contributed by atoms with Gasteiger partial charge in [-0.05, 0) is 48.4 Å². The van der Waals surface area contributed by atoms with E-state index in [1.807, 2.05) is 12.1 Å². The predicted octanol–water partition coefficient (Wildman–Crippen LogP) is 2.57. The number of nitrogens with zero attached hydrogens (tertiary/aromatic N) is 1. The summed E-state index contributed by atoms with van der Waals surface area (Å²) in [4.78, 5) is 27.0. The second-order valence-corrected chi connectivity index (χ2v) is 6.43. The molecule has 25 heavy (non-hydrogen) atoms. The van der Waals surface area contributed by atoms with E-state index in [1.54, 1.807) is 24.1 Å². The van der Waals surface area contributed by atoms with Gasteiger partial charge in [0, 0.05) is 24.3 Å². The lowest BCUT2D eigenvalue weighted by Crippen LogP contribution is -2.39. The van der Waals surface area contributed by atoms with Crippen LogP contribution in [-0.2, 0) is 10.2 Å². The molecule has 1 saturated heterocycles. The molecule has 0 saturated carbocycles. The second-order valence-electron chi connectivity index (χ2n) is 6.43. The molecule has 128 valence electrons. The third kappa shape index (κ3) is 2.36. The van der Waals surface area contributed by atoms with Gasteiger partial charge in [0.05, 0.1) is 12.5 Å². The minimum Gasteiger partial charge on any atom is -0.497 e. The fraction of sp³-hybridized carbons (Fsp3) is 0.263. The van der Waals surface area contributed by atoms with Crippen LogP contribution >= 0.6 is 0 Å². The molecule has 1 fully saturated rings. The van der Waals surface area contributed by atoms with E-state index in [4.69, 9.17) is 4.74 Å². The van der Waals surface area contributed by atoms with Crippen LogP contribution in [0.15, 0.2) is 42.5 Å². The second kappa shape index (κ2) is 5.58. The van der Waals surface area contributed by atoms with Crippen molar-refractivity contribution in [3.63, 3.8) is 0 Å². The number of nitrogens with one attached hydrogen (secondary N) is 1. The smallest absolute Gasteiger partial charge is 0.254 e. The van der Waals surface area contributed by atoms with E-state index < -0.39 is 11.2 Å². The van der Waals surface area contributed by atoms with Crippen LogP contribution in [0.25, 0.3) is 0 Å². The standard InChI is InChI=1S/C19H17FN2O3/c1-25-14-5-6-16-15(10-14)19(18(24)21-16)7-8-22(11-19)17(23)12-3-2-4-13(20)9-12/h2-6,9-10H,7-8,11H2,1H3,(H,21,24)/t19-/m1/s1. The first kappa shape index (κ1) is 15.6. The van der Waals surface area contributed by atoms with Crippen molar-refractivity contribution in [1.29, 1.82) is 0 Å². The van der Waals surface area contributed by atoms with Gasteiger partial charge in [0.2, 0.25) is 5.91 Å². The molecule has 2 aromatic carbocycles. The van der Waals surface area contributed by atoms with Crippen LogP contribution in [0.4, 0.5) is 10.1 Å². The quantitative estimate of drug-likeness (QED) is 0.914. The minimum absolute atomic E-state index is 0.106. The van der Waals surface area contributed by atoms with E-state index in [9.17, 15) is 14.0 Å². The Morgan fingerprint density at radius 2 is 2.12 bits per heavy atom. The van der Waals surface area contributed by atoms with Gasteiger partial charge in [0.1, 0.15) is 11.6 Å². The molecule has 0 radical (unpaired) electrons. The highest BCUT2D eigenvalue weighted by Crippen LogP contribution is 2.45. The van der Waals surface area contributed by atoms with Gasteiger partial charge in [-0.1, -0.05) is 6.07 Å². The number of fused-ring (bicyclic) bond motifs is 2. The van der Waals surface area contributed by atoms with Crippen molar-refractivity contribution in [3.8, 4) is 5.75 Å². The van der Waals surface area contributed by atoms with Crippen LogP contribution in [0.1, 0.15) is 22.3 Å². The van der Waals surface area contributed by atoms with Crippen molar-refractivity contribution in [3.05, 3.63) is 59.4 Å². The van der Waals surface area contributed by atoms with Crippen molar-refractivity contribution >= 4 is 17.5 Å². The Bertz CT molecular complexity index is 883. The zero-order valence-electron chi connectivity index (χ0n) is 13.7. The minimum atomic E-state index is -0.771. The van der Waals surface area contributed by atoms with Gasteiger partial charge in [0.15, 0.2) is 0 Å². The van der Waals surface area contributed by atoms with Gasteiger partial charge >= 0.3 is 0 Å². The Kier molecular flexibility index (Phi) is 3.49. The van der Waals surface area contributed by atoms with Crippen molar-refractivity contribution in [2.24, 2.45) is 0 Å². The number of hydrogen-bond acceptors (Lipinski definition) is 3. The van der Waals surface area contributed by atoms with Crippen LogP contribution in [0, 0.1) is 5.82 Å². The number of amides is 2. The van der Waals surface area contributed by atoms with Crippen molar-refractivity contribution in [2.45, 2.75) is 11.8 Å². The summed E-state index contributed by atoms with van der Waals surface area (Å²) in [5.41, 5.74) is 1.13. The Morgan fingerprint density at radius 3 is 2.88 bits per heavy atom. The summed E-state index contributed by atoms with van der Waals surface area (Å²) in [5.74, 6) is -0.149. The monoisotopic (exact) mass is 340 g/mol. The molecule has 6 heteroatoms. The maximum absolute atomic E-state index is 13.4. The van der Waals surface area contributed by atoms with E-state index in [-0.39, 0.29) is 18.4 Å². The first-order valence-electron chi connectivity index (χ1n) is 8.08. The normalized spacial score (nSPS) is 21.4. The molecule has 1 atom stereocenters. The molecule has 0 aliphatic carbocycles. The van der Waals surface area contributed by atoms with Gasteiger partial charge in [-0.25, -0.2) is 4.39 Å². The molecule has 2 heterocycles. The summed E-state index contributed by atoms with van der Waals surface area (Å²) in [6, 6.07) is 11.1. The summed E-state index contributed by atoms with van der Waals surface area (Å²) >= 11 is 0. The average molecular weight is 340 g/mol. The molecule has 2 aliphatic heterocycles. The van der Waals surface area contributed by atoms with Crippen LogP contribution in [0.2, 0.25) is 0 Å². The molecule has 2 aromatic rings. The lowest BCUT2D eigenvalue weighted by molar-refractivity contribution is -0.120. The van der Waals surface area contributed by atoms with Crippen LogP contribution in [-0.4, -0.2) is 36.9 Å². The third-order valence-corrected chi connectivity index (χ3v) is 5.05. The number of hydrogen-bond donors (Lipinski definition) is 1. The zero-order chi connectivity index (χ0) is 17.6. The molecule has 0 aromatic heterocycles. The van der Waals surface area contributed by atoms with Gasteiger partial charge in [0.25, 0.3) is 5.91 Å². The number of halogens is 1. The number of benzene rings is 2. The summed E-state index contributed by atoms with van der Waals surface area (Å²) in [6.45, 7) is 0.716. The van der Waals surface area contributed by atoms with Gasteiger partial charge in [-0.3, -0.25) is 9.59 Å². The fourth-order valence-electron chi connectivity index (χ4n) is 3.71. The summed E-state index contributed by atoms with van der Waals surface area (Å²) < 4.78 is 18.7. The van der Waals surface area contributed by atoms with Crippen molar-refractivity contribution in [2.75, 3.05) is 25.5 Å². The van der Waals surface area contributed by atoms with Gasteiger partial charge < -0.3 is 15.0 Å². The Balaban J connectivity index is 1.66. The predicted molar refractivity (Wildman–Crippen MR) is 90.2 cm³/mol. The average Bonchev–Trinajstić information content (AvgIpc) is 3.18. The molecule has 4 rings (SSSR count). The molecule has 0 bridgehead atoms. The van der Waals surface area contributed by atoms with E-state index >= 15 is 0 Å². The van der Waals surface area contributed by atoms with E-state index in [2.05, 4.69) is 5.32 Å². The van der Waals surface area contributed by atoms with Gasteiger partial charge in [-0.15, -0.1) is 0 Å². The SMILES string of the molecule is COc1ccc2c(c1)[C@]1(CCN(C(=O)c3cccc(F)c3)C1)C(=O)N2. The Morgan fingerprint density at radius 1 is 1.28 bits per heavy atom. The van der Waals surface area contributed by atoms with Crippen LogP contribution in [0.5, 0.6) is 5.75 Å². The number of ether oxygens (including phenoxy) is 1. The highest BCUT2D eigenvalue weighted by Gasteiger charge is 2.52. The van der Waals surface area contributed by atoms with E-state index in [0.29, 0.717) is 24.3 Å². The number of carbonyl (C=O) groups is 2. The maximum Gasteiger partial charge on any atom is 0.254 e. The Hall–Kier alpha value is -2.89. The summed E-state index contributed by atoms with van der Waals surface area (Å²) in [5, 5.41) is 2.90. The van der Waals surface area contributed by atoms with E-state index in [1.165, 1.54) is 18.2 Å². The summed E-state index contributed by atoms with van der Waals surface area (Å²) in [7, 11) is 1.58. The third-order valence-electron chi connectivity index (χ3n) is 5.05. The first-order chi connectivity index (χ1) is 12.0. The molecule has 1 spiro atoms.